The largest absolute Gasteiger partial charge is 0.495 e. The Labute approximate surface area is 144 Å². The van der Waals surface area contributed by atoms with Gasteiger partial charge in [-0.1, -0.05) is 12.1 Å². The normalized spacial score (nSPS) is 10.0. The highest BCUT2D eigenvalue weighted by Crippen LogP contribution is 2.28. The van der Waals surface area contributed by atoms with Crippen molar-refractivity contribution < 1.29 is 23.5 Å². The van der Waals surface area contributed by atoms with Gasteiger partial charge >= 0.3 is 0 Å². The van der Waals surface area contributed by atoms with Crippen LogP contribution in [0.2, 0.25) is 0 Å². The molecule has 0 aromatic heterocycles. The molecule has 25 heavy (non-hydrogen) atoms. The Morgan fingerprint density at radius 1 is 1.08 bits per heavy atom. The molecule has 0 unspecified atom stereocenters. The summed E-state index contributed by atoms with van der Waals surface area (Å²) in [5.41, 5.74) is 0.954. The number of amides is 2. The summed E-state index contributed by atoms with van der Waals surface area (Å²) in [5, 5.41) is 5.32. The fourth-order valence-electron chi connectivity index (χ4n) is 2.11. The van der Waals surface area contributed by atoms with Crippen LogP contribution in [0.15, 0.2) is 42.5 Å². The molecule has 6 nitrogen and oxygen atoms in total. The summed E-state index contributed by atoms with van der Waals surface area (Å²) >= 11 is 0. The maximum Gasteiger partial charge on any atom is 0.227 e. The maximum absolute atomic E-state index is 13.4. The van der Waals surface area contributed by atoms with Crippen LogP contribution in [-0.2, 0) is 9.59 Å². The predicted molar refractivity (Wildman–Crippen MR) is 92.4 cm³/mol. The molecule has 0 saturated heterocycles. The number of carbonyl (C=O) groups excluding carboxylic acids is 2. The molecule has 0 fully saturated rings. The number of hydrogen-bond acceptors (Lipinski definition) is 4. The number of methoxy groups -OCH3 is 1. The van der Waals surface area contributed by atoms with E-state index in [1.54, 1.807) is 30.3 Å². The Morgan fingerprint density at radius 3 is 2.52 bits per heavy atom. The lowest BCUT2D eigenvalue weighted by Crippen LogP contribution is -2.16. The average molecular weight is 346 g/mol. The van der Waals surface area contributed by atoms with Crippen molar-refractivity contribution in [2.75, 3.05) is 24.4 Å². The third-order valence-corrected chi connectivity index (χ3v) is 3.22. The highest BCUT2D eigenvalue weighted by molar-refractivity contribution is 5.94. The summed E-state index contributed by atoms with van der Waals surface area (Å²) in [6.07, 6.45) is 0.0296. The van der Waals surface area contributed by atoms with Crippen LogP contribution in [0.5, 0.6) is 11.5 Å². The fourth-order valence-corrected chi connectivity index (χ4v) is 2.11. The molecule has 0 bridgehead atoms. The lowest BCUT2D eigenvalue weighted by atomic mass is 10.2. The lowest BCUT2D eigenvalue weighted by molar-refractivity contribution is -0.116. The Bertz CT molecular complexity index is 764. The molecule has 2 aromatic carbocycles. The van der Waals surface area contributed by atoms with Gasteiger partial charge in [0.25, 0.3) is 0 Å². The third kappa shape index (κ3) is 5.49. The van der Waals surface area contributed by atoms with Crippen molar-refractivity contribution in [3.8, 4) is 11.5 Å². The Hall–Kier alpha value is -3.09. The molecule has 0 radical (unpaired) electrons. The van der Waals surface area contributed by atoms with E-state index in [4.69, 9.17) is 9.47 Å². The minimum Gasteiger partial charge on any atom is -0.495 e. The van der Waals surface area contributed by atoms with Crippen LogP contribution in [0.1, 0.15) is 13.3 Å². The van der Waals surface area contributed by atoms with Crippen LogP contribution in [0, 0.1) is 5.82 Å². The number of benzene rings is 2. The van der Waals surface area contributed by atoms with E-state index in [0.717, 1.165) is 0 Å². The minimum absolute atomic E-state index is 0.0282. The van der Waals surface area contributed by atoms with Gasteiger partial charge in [0.15, 0.2) is 11.6 Å². The molecule has 2 amide bonds. The molecule has 0 heterocycles. The maximum atomic E-state index is 13.4. The van der Waals surface area contributed by atoms with Crippen molar-refractivity contribution in [1.29, 1.82) is 0 Å². The van der Waals surface area contributed by atoms with E-state index in [-0.39, 0.29) is 30.6 Å². The number of nitrogens with one attached hydrogen (secondary N) is 2. The van der Waals surface area contributed by atoms with Crippen LogP contribution in [0.3, 0.4) is 0 Å². The van der Waals surface area contributed by atoms with E-state index in [2.05, 4.69) is 10.6 Å². The van der Waals surface area contributed by atoms with Crippen molar-refractivity contribution >= 4 is 23.2 Å². The van der Waals surface area contributed by atoms with E-state index < -0.39 is 5.82 Å². The van der Waals surface area contributed by atoms with E-state index in [1.165, 1.54) is 26.2 Å². The van der Waals surface area contributed by atoms with Gasteiger partial charge in [-0.05, 0) is 30.3 Å². The number of para-hydroxylation sites is 1. The SMILES string of the molecule is COc1ccc(NC(C)=O)cc1NC(=O)CCOc1ccccc1F. The highest BCUT2D eigenvalue weighted by Gasteiger charge is 2.10. The molecule has 0 aliphatic heterocycles. The molecular weight excluding hydrogens is 327 g/mol. The van der Waals surface area contributed by atoms with Gasteiger partial charge in [0.1, 0.15) is 5.75 Å². The Morgan fingerprint density at radius 2 is 1.84 bits per heavy atom. The minimum atomic E-state index is -0.479. The first-order valence-corrected chi connectivity index (χ1v) is 7.62. The summed E-state index contributed by atoms with van der Waals surface area (Å²) in [5.74, 6) is -0.471. The molecule has 2 N–H and O–H groups in total. The molecule has 0 aliphatic rings. The van der Waals surface area contributed by atoms with E-state index in [0.29, 0.717) is 17.1 Å². The van der Waals surface area contributed by atoms with Crippen LogP contribution >= 0.6 is 0 Å². The monoisotopic (exact) mass is 346 g/mol. The number of hydrogen-bond donors (Lipinski definition) is 2. The van der Waals surface area contributed by atoms with Crippen molar-refractivity contribution in [2.45, 2.75) is 13.3 Å². The lowest BCUT2D eigenvalue weighted by Gasteiger charge is -2.13. The number of halogens is 1. The van der Waals surface area contributed by atoms with Crippen LogP contribution in [0.4, 0.5) is 15.8 Å². The van der Waals surface area contributed by atoms with E-state index in [9.17, 15) is 14.0 Å². The second-order valence-electron chi connectivity index (χ2n) is 5.17. The van der Waals surface area contributed by atoms with Crippen LogP contribution < -0.4 is 20.1 Å². The molecule has 132 valence electrons. The van der Waals surface area contributed by atoms with Gasteiger partial charge in [-0.2, -0.15) is 0 Å². The topological polar surface area (TPSA) is 76.7 Å². The first-order chi connectivity index (χ1) is 12.0. The molecule has 0 spiro atoms. The quantitative estimate of drug-likeness (QED) is 0.807. The summed E-state index contributed by atoms with van der Waals surface area (Å²) in [4.78, 5) is 23.2. The van der Waals surface area contributed by atoms with Crippen molar-refractivity contribution in [3.05, 3.63) is 48.3 Å². The summed E-state index contributed by atoms with van der Waals surface area (Å²) in [6, 6.07) is 10.9. The second kappa shape index (κ2) is 8.68. The predicted octanol–water partition coefficient (Wildman–Crippen LogP) is 3.20. The van der Waals surface area contributed by atoms with Gasteiger partial charge in [-0.25, -0.2) is 4.39 Å². The van der Waals surface area contributed by atoms with Gasteiger partial charge in [-0.15, -0.1) is 0 Å². The molecule has 0 atom stereocenters. The number of anilines is 2. The summed E-state index contributed by atoms with van der Waals surface area (Å²) in [6.45, 7) is 1.42. The fraction of sp³-hybridized carbons (Fsp3) is 0.222. The van der Waals surface area contributed by atoms with Gasteiger partial charge in [-0.3, -0.25) is 9.59 Å². The number of ether oxygens (including phenoxy) is 2. The smallest absolute Gasteiger partial charge is 0.227 e. The summed E-state index contributed by atoms with van der Waals surface area (Å²) in [7, 11) is 1.48. The molecular formula is C18H19FN2O4. The second-order valence-corrected chi connectivity index (χ2v) is 5.17. The zero-order valence-electron chi connectivity index (χ0n) is 14.0. The molecule has 2 aromatic rings. The van der Waals surface area contributed by atoms with Crippen molar-refractivity contribution in [2.24, 2.45) is 0 Å². The first kappa shape index (κ1) is 18.3. The zero-order valence-corrected chi connectivity index (χ0v) is 14.0. The van der Waals surface area contributed by atoms with Crippen molar-refractivity contribution in [3.63, 3.8) is 0 Å². The zero-order chi connectivity index (χ0) is 18.2. The summed E-state index contributed by atoms with van der Waals surface area (Å²) < 4.78 is 23.9. The number of carbonyl (C=O) groups is 2. The molecule has 0 saturated carbocycles. The molecule has 7 heteroatoms. The Balaban J connectivity index is 1.95. The average Bonchev–Trinajstić information content (AvgIpc) is 2.56. The third-order valence-electron chi connectivity index (χ3n) is 3.22. The van der Waals surface area contributed by atoms with E-state index in [1.807, 2.05) is 0 Å². The molecule has 2 rings (SSSR count). The highest BCUT2D eigenvalue weighted by atomic mass is 19.1. The first-order valence-electron chi connectivity index (χ1n) is 7.62. The van der Waals surface area contributed by atoms with Gasteiger partial charge in [0, 0.05) is 12.6 Å². The van der Waals surface area contributed by atoms with Crippen molar-refractivity contribution in [1.82, 2.24) is 0 Å². The van der Waals surface area contributed by atoms with Gasteiger partial charge in [0.2, 0.25) is 11.8 Å². The van der Waals surface area contributed by atoms with Gasteiger partial charge < -0.3 is 20.1 Å². The number of rotatable bonds is 7. The van der Waals surface area contributed by atoms with E-state index >= 15 is 0 Å². The van der Waals surface area contributed by atoms with Crippen LogP contribution in [-0.4, -0.2) is 25.5 Å². The Kier molecular flexibility index (Phi) is 6.33. The molecule has 0 aliphatic carbocycles. The van der Waals surface area contributed by atoms with Gasteiger partial charge in [0.05, 0.1) is 25.8 Å². The standard InChI is InChI=1S/C18H19FN2O4/c1-12(22)20-13-7-8-17(24-2)15(11-13)21-18(23)9-10-25-16-6-4-3-5-14(16)19/h3-8,11H,9-10H2,1-2H3,(H,20,22)(H,21,23). The van der Waals surface area contributed by atoms with Crippen LogP contribution in [0.25, 0.3) is 0 Å².